The summed E-state index contributed by atoms with van der Waals surface area (Å²) in [4.78, 5) is 16.9. The Labute approximate surface area is 183 Å². The van der Waals surface area contributed by atoms with Gasteiger partial charge in [0.1, 0.15) is 11.4 Å². The van der Waals surface area contributed by atoms with Gasteiger partial charge < -0.3 is 9.30 Å². The Morgan fingerprint density at radius 3 is 2.65 bits per heavy atom. The fraction of sp³-hybridized carbons (Fsp3) is 0.391. The topological polar surface area (TPSA) is 90.3 Å². The molecule has 7 nitrogen and oxygen atoms in total. The lowest BCUT2D eigenvalue weighted by atomic mass is 10.0. The minimum absolute atomic E-state index is 0.0837. The number of ether oxygens (including phenoxy) is 1. The Morgan fingerprint density at radius 2 is 1.97 bits per heavy atom. The van der Waals surface area contributed by atoms with Gasteiger partial charge in [0.05, 0.1) is 25.1 Å². The third-order valence-corrected chi connectivity index (χ3v) is 6.78. The van der Waals surface area contributed by atoms with Crippen molar-refractivity contribution in [1.29, 1.82) is 0 Å². The smallest absolute Gasteiger partial charge is 0.283 e. The second-order valence-corrected chi connectivity index (χ2v) is 9.50. The van der Waals surface area contributed by atoms with E-state index in [4.69, 9.17) is 4.74 Å². The lowest BCUT2D eigenvalue weighted by Gasteiger charge is -2.15. The lowest BCUT2D eigenvalue weighted by Crippen LogP contribution is -2.33. The summed E-state index contributed by atoms with van der Waals surface area (Å²) in [5, 5.41) is 1.08. The number of hydrogen-bond donors (Lipinski definition) is 1. The molecule has 0 aliphatic heterocycles. The van der Waals surface area contributed by atoms with E-state index < -0.39 is 15.9 Å². The highest BCUT2D eigenvalue weighted by Gasteiger charge is 2.18. The van der Waals surface area contributed by atoms with Crippen LogP contribution in [0.2, 0.25) is 0 Å². The molecule has 1 atom stereocenters. The maximum Gasteiger partial charge on any atom is 0.283 e. The highest BCUT2D eigenvalue weighted by molar-refractivity contribution is 7.90. The number of carbonyl (C=O) groups excluding carboxylic acids is 1. The Balaban J connectivity index is 1.95. The van der Waals surface area contributed by atoms with Crippen LogP contribution in [0.15, 0.2) is 42.5 Å². The molecule has 2 aromatic heterocycles. The molecule has 0 saturated heterocycles. The van der Waals surface area contributed by atoms with Crippen LogP contribution in [0.3, 0.4) is 0 Å². The van der Waals surface area contributed by atoms with Gasteiger partial charge in [0.15, 0.2) is 0 Å². The molecule has 1 unspecified atom stereocenters. The van der Waals surface area contributed by atoms with Gasteiger partial charge in [-0.25, -0.2) is 18.1 Å². The third kappa shape index (κ3) is 5.25. The van der Waals surface area contributed by atoms with Crippen LogP contribution in [0.25, 0.3) is 10.9 Å². The fourth-order valence-corrected chi connectivity index (χ4v) is 4.59. The highest BCUT2D eigenvalue weighted by atomic mass is 32.2. The number of amides is 1. The van der Waals surface area contributed by atoms with Gasteiger partial charge in [0, 0.05) is 16.6 Å². The van der Waals surface area contributed by atoms with E-state index in [0.717, 1.165) is 23.1 Å². The van der Waals surface area contributed by atoms with Crippen molar-refractivity contribution in [3.63, 3.8) is 0 Å². The quantitative estimate of drug-likeness (QED) is 0.538. The van der Waals surface area contributed by atoms with Crippen molar-refractivity contribution in [3.05, 3.63) is 59.5 Å². The van der Waals surface area contributed by atoms with Crippen LogP contribution in [0, 0.1) is 0 Å². The van der Waals surface area contributed by atoms with Crippen molar-refractivity contribution in [2.24, 2.45) is 0 Å². The number of sulfonamides is 1. The van der Waals surface area contributed by atoms with E-state index >= 15 is 0 Å². The molecule has 166 valence electrons. The normalized spacial score (nSPS) is 12.6. The average Bonchev–Trinajstić information content (AvgIpc) is 3.10. The average molecular weight is 444 g/mol. The third-order valence-electron chi connectivity index (χ3n) is 5.34. The SMILES string of the molecule is CCCS(=O)(=O)NC(=O)c1cccc(Cn2c(C(C)CC)cc3cc(OC)ccc32)n1. The minimum atomic E-state index is -3.66. The molecule has 0 spiro atoms. The predicted octanol–water partition coefficient (Wildman–Crippen LogP) is 4.08. The van der Waals surface area contributed by atoms with E-state index in [1.807, 2.05) is 24.3 Å². The van der Waals surface area contributed by atoms with E-state index in [1.165, 1.54) is 11.8 Å². The van der Waals surface area contributed by atoms with Crippen molar-refractivity contribution in [3.8, 4) is 5.75 Å². The van der Waals surface area contributed by atoms with Gasteiger partial charge in [-0.15, -0.1) is 0 Å². The van der Waals surface area contributed by atoms with Crippen LogP contribution in [-0.2, 0) is 16.6 Å². The van der Waals surface area contributed by atoms with Gasteiger partial charge in [-0.1, -0.05) is 26.8 Å². The number of methoxy groups -OCH3 is 1. The molecule has 1 N–H and O–H groups in total. The standard InChI is InChI=1S/C23H29N3O4S/c1-5-12-31(28,29)25-23(27)20-9-7-8-18(24-20)15-26-21-11-10-19(30-4)13-17(21)14-22(26)16(3)6-2/h7-11,13-14,16H,5-6,12,15H2,1-4H3,(H,25,27). The number of benzene rings is 1. The molecular weight excluding hydrogens is 414 g/mol. The molecule has 2 heterocycles. The summed E-state index contributed by atoms with van der Waals surface area (Å²) in [6.45, 7) is 6.54. The number of carbonyl (C=O) groups is 1. The number of fused-ring (bicyclic) bond motifs is 1. The zero-order valence-electron chi connectivity index (χ0n) is 18.4. The van der Waals surface area contributed by atoms with Crippen LogP contribution in [-0.4, -0.2) is 36.7 Å². The molecule has 0 radical (unpaired) electrons. The summed E-state index contributed by atoms with van der Waals surface area (Å²) >= 11 is 0. The van der Waals surface area contributed by atoms with Crippen LogP contribution < -0.4 is 9.46 Å². The van der Waals surface area contributed by atoms with Crippen molar-refractivity contribution < 1.29 is 17.9 Å². The van der Waals surface area contributed by atoms with E-state index in [1.54, 1.807) is 20.1 Å². The van der Waals surface area contributed by atoms with Gasteiger partial charge in [-0.2, -0.15) is 0 Å². The van der Waals surface area contributed by atoms with Crippen molar-refractivity contribution >= 4 is 26.8 Å². The summed E-state index contributed by atoms with van der Waals surface area (Å²) in [7, 11) is -2.01. The van der Waals surface area contributed by atoms with Gasteiger partial charge in [0.2, 0.25) is 10.0 Å². The second kappa shape index (κ2) is 9.51. The molecule has 3 rings (SSSR count). The van der Waals surface area contributed by atoms with Crippen LogP contribution in [0.4, 0.5) is 0 Å². The summed E-state index contributed by atoms with van der Waals surface area (Å²) in [5.41, 5.74) is 2.99. The molecule has 1 amide bonds. The number of pyridine rings is 1. The second-order valence-electron chi connectivity index (χ2n) is 7.65. The maximum atomic E-state index is 12.4. The molecule has 31 heavy (non-hydrogen) atoms. The first-order valence-electron chi connectivity index (χ1n) is 10.5. The Kier molecular flexibility index (Phi) is 7.00. The van der Waals surface area contributed by atoms with Crippen molar-refractivity contribution in [2.75, 3.05) is 12.9 Å². The summed E-state index contributed by atoms with van der Waals surface area (Å²) in [5.74, 6) is 0.323. The van der Waals surface area contributed by atoms with Gasteiger partial charge in [-0.05, 0) is 55.2 Å². The van der Waals surface area contributed by atoms with Gasteiger partial charge >= 0.3 is 0 Å². The molecular formula is C23H29N3O4S. The largest absolute Gasteiger partial charge is 0.497 e. The predicted molar refractivity (Wildman–Crippen MR) is 122 cm³/mol. The first-order valence-corrected chi connectivity index (χ1v) is 12.1. The molecule has 0 aliphatic carbocycles. The number of nitrogens with one attached hydrogen (secondary N) is 1. The monoisotopic (exact) mass is 443 g/mol. The van der Waals surface area contributed by atoms with Gasteiger partial charge in [-0.3, -0.25) is 4.79 Å². The Bertz CT molecular complexity index is 1180. The fourth-order valence-electron chi connectivity index (χ4n) is 3.56. The zero-order valence-corrected chi connectivity index (χ0v) is 19.2. The van der Waals surface area contributed by atoms with E-state index in [2.05, 4.69) is 34.2 Å². The molecule has 0 saturated carbocycles. The number of nitrogens with zero attached hydrogens (tertiary/aromatic N) is 2. The minimum Gasteiger partial charge on any atom is -0.497 e. The molecule has 0 bridgehead atoms. The number of rotatable bonds is 9. The summed E-state index contributed by atoms with van der Waals surface area (Å²) in [6, 6.07) is 13.2. The molecule has 1 aromatic carbocycles. The molecule has 0 fully saturated rings. The molecule has 0 aliphatic rings. The number of hydrogen-bond acceptors (Lipinski definition) is 5. The molecule has 3 aromatic rings. The first kappa shape index (κ1) is 22.8. The van der Waals surface area contributed by atoms with E-state index in [-0.39, 0.29) is 11.4 Å². The van der Waals surface area contributed by atoms with Crippen molar-refractivity contribution in [2.45, 2.75) is 46.1 Å². The Hall–Kier alpha value is -2.87. The van der Waals surface area contributed by atoms with Crippen molar-refractivity contribution in [1.82, 2.24) is 14.3 Å². The van der Waals surface area contributed by atoms with Crippen LogP contribution >= 0.6 is 0 Å². The maximum absolute atomic E-state index is 12.4. The van der Waals surface area contributed by atoms with E-state index in [9.17, 15) is 13.2 Å². The zero-order chi connectivity index (χ0) is 22.6. The molecule has 8 heteroatoms. The highest BCUT2D eigenvalue weighted by Crippen LogP contribution is 2.30. The summed E-state index contributed by atoms with van der Waals surface area (Å²) < 4.78 is 33.5. The van der Waals surface area contributed by atoms with Gasteiger partial charge in [0.25, 0.3) is 5.91 Å². The van der Waals surface area contributed by atoms with E-state index in [0.29, 0.717) is 24.6 Å². The Morgan fingerprint density at radius 1 is 1.19 bits per heavy atom. The lowest BCUT2D eigenvalue weighted by molar-refractivity contribution is 0.0976. The van der Waals surface area contributed by atoms with Crippen LogP contribution in [0.5, 0.6) is 5.75 Å². The summed E-state index contributed by atoms with van der Waals surface area (Å²) in [6.07, 6.45) is 1.42. The first-order chi connectivity index (χ1) is 14.8. The number of aromatic nitrogens is 2. The van der Waals surface area contributed by atoms with Crippen LogP contribution in [0.1, 0.15) is 61.4 Å².